The van der Waals surface area contributed by atoms with E-state index in [-0.39, 0.29) is 4.91 Å². The van der Waals surface area contributed by atoms with Crippen LogP contribution in [0.25, 0.3) is 17.1 Å². The van der Waals surface area contributed by atoms with E-state index in [0.717, 1.165) is 27.7 Å². The van der Waals surface area contributed by atoms with Crippen molar-refractivity contribution >= 4 is 57.7 Å². The van der Waals surface area contributed by atoms with Crippen LogP contribution in [0.3, 0.4) is 0 Å². The molecule has 0 spiro atoms. The number of aromatic nitrogens is 2. The molecule has 1 unspecified atom stereocenters. The molecule has 0 bridgehead atoms. The summed E-state index contributed by atoms with van der Waals surface area (Å²) in [5.41, 5.74) is 1.78. The predicted molar refractivity (Wildman–Crippen MR) is 108 cm³/mol. The molecule has 0 radical (unpaired) electrons. The highest BCUT2D eigenvalue weighted by Gasteiger charge is 2.41. The van der Waals surface area contributed by atoms with Crippen LogP contribution < -0.4 is 0 Å². The van der Waals surface area contributed by atoms with Crippen molar-refractivity contribution in [3.63, 3.8) is 0 Å². The summed E-state index contributed by atoms with van der Waals surface area (Å²) in [5, 5.41) is 0.736. The van der Waals surface area contributed by atoms with E-state index in [1.165, 1.54) is 31.9 Å². The van der Waals surface area contributed by atoms with Crippen molar-refractivity contribution in [2.45, 2.75) is 23.2 Å². The fourth-order valence-corrected chi connectivity index (χ4v) is 4.42. The minimum absolute atomic E-state index is 0.181. The lowest BCUT2D eigenvalue weighted by atomic mass is 10.3. The highest BCUT2D eigenvalue weighted by atomic mass is 32.2. The Labute approximate surface area is 173 Å². The average molecular weight is 429 g/mol. The van der Waals surface area contributed by atoms with E-state index in [9.17, 15) is 14.4 Å². The minimum Gasteiger partial charge on any atom is -0.467 e. The summed E-state index contributed by atoms with van der Waals surface area (Å²) in [5.74, 6) is -0.795. The molecule has 1 N–H and O–H groups in total. The van der Waals surface area contributed by atoms with Gasteiger partial charge in [-0.25, -0.2) is 9.78 Å². The minimum atomic E-state index is -0.991. The molecule has 2 amide bonds. The lowest BCUT2D eigenvalue weighted by Gasteiger charge is -2.18. The Kier molecular flexibility index (Phi) is 5.20. The molecule has 1 saturated heterocycles. The van der Waals surface area contributed by atoms with Gasteiger partial charge in [-0.1, -0.05) is 12.1 Å². The molecule has 0 saturated carbocycles. The van der Waals surface area contributed by atoms with Crippen LogP contribution in [0.2, 0.25) is 0 Å². The van der Waals surface area contributed by atoms with Gasteiger partial charge in [0.25, 0.3) is 11.1 Å². The number of furan rings is 1. The van der Waals surface area contributed by atoms with Crippen LogP contribution in [-0.2, 0) is 14.3 Å². The van der Waals surface area contributed by atoms with E-state index in [1.807, 2.05) is 24.3 Å². The van der Waals surface area contributed by atoms with Gasteiger partial charge < -0.3 is 14.1 Å². The number of imidazole rings is 1. The largest absolute Gasteiger partial charge is 0.467 e. The number of imide groups is 1. The van der Waals surface area contributed by atoms with Gasteiger partial charge in [0.05, 0.1) is 23.0 Å². The third-order valence-corrected chi connectivity index (χ3v) is 5.88. The number of nitrogens with one attached hydrogen (secondary N) is 1. The second-order valence-corrected chi connectivity index (χ2v) is 8.06. The molecular weight excluding hydrogens is 414 g/mol. The molecule has 1 aliphatic rings. The van der Waals surface area contributed by atoms with E-state index >= 15 is 0 Å². The van der Waals surface area contributed by atoms with E-state index < -0.39 is 23.2 Å². The number of para-hydroxylation sites is 2. The summed E-state index contributed by atoms with van der Waals surface area (Å²) < 4.78 is 10.3. The van der Waals surface area contributed by atoms with E-state index in [4.69, 9.17) is 4.42 Å². The van der Waals surface area contributed by atoms with Crippen molar-refractivity contribution in [1.29, 1.82) is 0 Å². The van der Waals surface area contributed by atoms with Crippen molar-refractivity contribution in [3.05, 3.63) is 47.1 Å². The zero-order valence-corrected chi connectivity index (χ0v) is 17.0. The zero-order valence-electron chi connectivity index (χ0n) is 15.4. The van der Waals surface area contributed by atoms with E-state index in [0.29, 0.717) is 16.0 Å². The Morgan fingerprint density at radius 1 is 1.31 bits per heavy atom. The van der Waals surface area contributed by atoms with E-state index in [2.05, 4.69) is 14.7 Å². The Morgan fingerprint density at radius 3 is 2.86 bits per heavy atom. The molecule has 2 aromatic heterocycles. The van der Waals surface area contributed by atoms with Gasteiger partial charge >= 0.3 is 5.97 Å². The Bertz CT molecular complexity index is 1120. The number of fused-ring (bicyclic) bond motifs is 1. The fourth-order valence-electron chi connectivity index (χ4n) is 2.76. The number of methoxy groups -OCH3 is 1. The fraction of sp³-hybridized carbons (Fsp3) is 0.158. The number of aromatic amines is 1. The number of thioether (sulfide) groups is 1. The number of H-pyrrole nitrogens is 1. The van der Waals surface area contributed by atoms with Gasteiger partial charge in [0.2, 0.25) is 0 Å². The molecule has 8 nitrogen and oxygen atoms in total. The number of carbonyl (C=O) groups excluding carboxylic acids is 3. The summed E-state index contributed by atoms with van der Waals surface area (Å²) in [6.45, 7) is 1.44. The maximum absolute atomic E-state index is 12.5. The summed E-state index contributed by atoms with van der Waals surface area (Å²) in [7, 11) is 1.21. The van der Waals surface area contributed by atoms with Gasteiger partial charge in [-0.15, -0.1) is 0 Å². The number of esters is 1. The maximum atomic E-state index is 12.5. The van der Waals surface area contributed by atoms with Crippen LogP contribution in [0.1, 0.15) is 12.7 Å². The normalized spacial score (nSPS) is 16.8. The first-order valence-electron chi connectivity index (χ1n) is 8.53. The molecule has 1 aromatic carbocycles. The molecule has 1 aliphatic heterocycles. The average Bonchev–Trinajstić information content (AvgIpc) is 3.39. The summed E-state index contributed by atoms with van der Waals surface area (Å²) in [6, 6.07) is 10.1. The van der Waals surface area contributed by atoms with Crippen LogP contribution in [0.4, 0.5) is 4.79 Å². The van der Waals surface area contributed by atoms with Crippen LogP contribution in [-0.4, -0.2) is 45.1 Å². The number of benzene rings is 1. The van der Waals surface area contributed by atoms with Crippen LogP contribution >= 0.6 is 23.5 Å². The summed E-state index contributed by atoms with van der Waals surface area (Å²) in [6.07, 6.45) is 1.48. The molecule has 1 fully saturated rings. The highest BCUT2D eigenvalue weighted by molar-refractivity contribution is 8.18. The van der Waals surface area contributed by atoms with Gasteiger partial charge in [0.15, 0.2) is 10.2 Å². The molecule has 10 heteroatoms. The molecule has 29 heavy (non-hydrogen) atoms. The quantitative estimate of drug-likeness (QED) is 0.481. The van der Waals surface area contributed by atoms with Gasteiger partial charge in [-0.2, -0.15) is 0 Å². The van der Waals surface area contributed by atoms with Gasteiger partial charge in [-0.05, 0) is 54.7 Å². The van der Waals surface area contributed by atoms with Crippen molar-refractivity contribution < 1.29 is 23.5 Å². The smallest absolute Gasteiger partial charge is 0.328 e. The molecule has 148 valence electrons. The van der Waals surface area contributed by atoms with E-state index in [1.54, 1.807) is 12.1 Å². The second kappa shape index (κ2) is 7.80. The number of hydrogen-bond donors (Lipinski definition) is 1. The SMILES string of the molecule is COC(=O)C(C)N1C(=O)S/C(=C\c2ccc(Sc3nc4ccccc4[nH]3)o2)C1=O. The van der Waals surface area contributed by atoms with Gasteiger partial charge in [-0.3, -0.25) is 14.5 Å². The standard InChI is InChI=1S/C19H15N3O5S2/c1-10(17(24)26-2)22-16(23)14(28-19(22)25)9-11-7-8-15(27-11)29-18-20-12-5-3-4-6-13(12)21-18/h3-10H,1-2H3,(H,20,21)/b14-9-. The Morgan fingerprint density at radius 2 is 2.10 bits per heavy atom. The highest BCUT2D eigenvalue weighted by Crippen LogP contribution is 2.35. The molecule has 3 heterocycles. The monoisotopic (exact) mass is 429 g/mol. The van der Waals surface area contributed by atoms with Crippen LogP contribution in [0.5, 0.6) is 0 Å². The number of ether oxygens (including phenoxy) is 1. The first kappa shape index (κ1) is 19.3. The lowest BCUT2D eigenvalue weighted by Crippen LogP contribution is -2.42. The number of amides is 2. The molecular formula is C19H15N3O5S2. The Balaban J connectivity index is 1.51. The van der Waals surface area contributed by atoms with Gasteiger partial charge in [0, 0.05) is 6.08 Å². The van der Waals surface area contributed by atoms with Crippen LogP contribution in [0, 0.1) is 0 Å². The maximum Gasteiger partial charge on any atom is 0.328 e. The molecule has 3 aromatic rings. The topological polar surface area (TPSA) is 106 Å². The predicted octanol–water partition coefficient (Wildman–Crippen LogP) is 3.90. The van der Waals surface area contributed by atoms with Crippen LogP contribution in [0.15, 0.2) is 56.0 Å². The summed E-state index contributed by atoms with van der Waals surface area (Å²) >= 11 is 2.07. The third kappa shape index (κ3) is 3.81. The van der Waals surface area contributed by atoms with Crippen molar-refractivity contribution in [2.75, 3.05) is 7.11 Å². The first-order valence-corrected chi connectivity index (χ1v) is 10.2. The zero-order chi connectivity index (χ0) is 20.5. The molecule has 1 atom stereocenters. The lowest BCUT2D eigenvalue weighted by molar-refractivity contribution is -0.148. The number of nitrogens with zero attached hydrogens (tertiary/aromatic N) is 2. The number of rotatable bonds is 5. The second-order valence-electron chi connectivity index (χ2n) is 6.07. The molecule has 4 rings (SSSR count). The Hall–Kier alpha value is -2.98. The molecule has 0 aliphatic carbocycles. The number of carbonyl (C=O) groups is 3. The third-order valence-electron chi connectivity index (χ3n) is 4.19. The number of hydrogen-bond acceptors (Lipinski definition) is 8. The van der Waals surface area contributed by atoms with Crippen molar-refractivity contribution in [2.24, 2.45) is 0 Å². The van der Waals surface area contributed by atoms with Crippen molar-refractivity contribution in [3.8, 4) is 0 Å². The van der Waals surface area contributed by atoms with Crippen molar-refractivity contribution in [1.82, 2.24) is 14.9 Å². The first-order chi connectivity index (χ1) is 14.0. The van der Waals surface area contributed by atoms with Gasteiger partial charge in [0.1, 0.15) is 11.8 Å². The summed E-state index contributed by atoms with van der Waals surface area (Å²) in [4.78, 5) is 45.1.